The molecular formula is C17H29IN4O. The minimum Gasteiger partial charge on any atom is -0.495 e. The molecule has 0 unspecified atom stereocenters. The Morgan fingerprint density at radius 2 is 2.04 bits per heavy atom. The number of likely N-dealkylation sites (tertiary alicyclic amines) is 1. The Hall–Kier alpha value is -1.02. The molecule has 0 aliphatic carbocycles. The quantitative estimate of drug-likeness (QED) is 0.412. The van der Waals surface area contributed by atoms with Crippen LogP contribution in [0, 0.1) is 5.92 Å². The third-order valence-corrected chi connectivity index (χ3v) is 4.34. The fourth-order valence-corrected chi connectivity index (χ4v) is 2.88. The molecule has 1 aromatic carbocycles. The minimum atomic E-state index is 0. The number of guanidine groups is 1. The van der Waals surface area contributed by atoms with Gasteiger partial charge in [0.1, 0.15) is 5.75 Å². The molecule has 5 nitrogen and oxygen atoms in total. The molecule has 1 saturated heterocycles. The van der Waals surface area contributed by atoms with Gasteiger partial charge in [-0.25, -0.2) is 0 Å². The molecule has 0 spiro atoms. The van der Waals surface area contributed by atoms with Gasteiger partial charge in [0.15, 0.2) is 5.96 Å². The first kappa shape index (κ1) is 20.0. The summed E-state index contributed by atoms with van der Waals surface area (Å²) in [5.41, 5.74) is 6.81. The Bertz CT molecular complexity index is 487. The molecular weight excluding hydrogens is 403 g/mol. The van der Waals surface area contributed by atoms with Crippen molar-refractivity contribution in [3.8, 4) is 5.75 Å². The first-order chi connectivity index (χ1) is 10.7. The van der Waals surface area contributed by atoms with Crippen LogP contribution in [0.5, 0.6) is 5.75 Å². The summed E-state index contributed by atoms with van der Waals surface area (Å²) in [5, 5.41) is 3.11. The number of methoxy groups -OCH3 is 1. The van der Waals surface area contributed by atoms with Gasteiger partial charge in [-0.1, -0.05) is 19.1 Å². The Morgan fingerprint density at radius 1 is 1.35 bits per heavy atom. The number of para-hydroxylation sites is 2. The topological polar surface area (TPSA) is 62.9 Å². The number of nitrogens with one attached hydrogen (secondary N) is 1. The Morgan fingerprint density at radius 3 is 2.70 bits per heavy atom. The van der Waals surface area contributed by atoms with Gasteiger partial charge >= 0.3 is 0 Å². The first-order valence-electron chi connectivity index (χ1n) is 8.15. The van der Waals surface area contributed by atoms with E-state index in [1.165, 1.54) is 32.5 Å². The number of hydrogen-bond donors (Lipinski definition) is 2. The fraction of sp³-hybridized carbons (Fsp3) is 0.588. The lowest BCUT2D eigenvalue weighted by Gasteiger charge is -2.30. The molecule has 0 amide bonds. The van der Waals surface area contributed by atoms with Crippen molar-refractivity contribution in [2.75, 3.05) is 38.6 Å². The molecule has 6 heteroatoms. The van der Waals surface area contributed by atoms with E-state index < -0.39 is 0 Å². The molecule has 0 aromatic heterocycles. The van der Waals surface area contributed by atoms with E-state index in [0.29, 0.717) is 5.96 Å². The molecule has 1 aliphatic heterocycles. The molecule has 0 atom stereocenters. The maximum atomic E-state index is 5.96. The van der Waals surface area contributed by atoms with Crippen molar-refractivity contribution in [2.24, 2.45) is 16.6 Å². The van der Waals surface area contributed by atoms with Crippen molar-refractivity contribution in [1.29, 1.82) is 0 Å². The third kappa shape index (κ3) is 6.55. The van der Waals surface area contributed by atoms with Gasteiger partial charge in [0, 0.05) is 6.54 Å². The van der Waals surface area contributed by atoms with Crippen molar-refractivity contribution >= 4 is 35.6 Å². The lowest BCUT2D eigenvalue weighted by Crippen LogP contribution is -2.33. The summed E-state index contributed by atoms with van der Waals surface area (Å²) in [6.45, 7) is 6.62. The second-order valence-corrected chi connectivity index (χ2v) is 5.76. The normalized spacial score (nSPS) is 16.7. The van der Waals surface area contributed by atoms with Gasteiger partial charge in [-0.2, -0.15) is 0 Å². The van der Waals surface area contributed by atoms with E-state index >= 15 is 0 Å². The van der Waals surface area contributed by atoms with E-state index in [2.05, 4.69) is 22.1 Å². The highest BCUT2D eigenvalue weighted by Crippen LogP contribution is 2.23. The second kappa shape index (κ2) is 10.7. The minimum absolute atomic E-state index is 0. The maximum Gasteiger partial charge on any atom is 0.193 e. The van der Waals surface area contributed by atoms with E-state index in [-0.39, 0.29) is 24.0 Å². The second-order valence-electron chi connectivity index (χ2n) is 5.76. The predicted molar refractivity (Wildman–Crippen MR) is 108 cm³/mol. The van der Waals surface area contributed by atoms with Crippen molar-refractivity contribution in [1.82, 2.24) is 4.90 Å². The summed E-state index contributed by atoms with van der Waals surface area (Å²) in [5.74, 6) is 2.01. The molecule has 130 valence electrons. The van der Waals surface area contributed by atoms with Crippen LogP contribution < -0.4 is 15.8 Å². The number of hydrogen-bond acceptors (Lipinski definition) is 3. The van der Waals surface area contributed by atoms with Crippen LogP contribution in [-0.2, 0) is 0 Å². The highest BCUT2D eigenvalue weighted by molar-refractivity contribution is 14.0. The van der Waals surface area contributed by atoms with Gasteiger partial charge < -0.3 is 20.7 Å². The molecule has 1 fully saturated rings. The summed E-state index contributed by atoms with van der Waals surface area (Å²) in [6.07, 6.45) is 3.68. The average molecular weight is 432 g/mol. The number of aliphatic imine (C=N–C) groups is 1. The van der Waals surface area contributed by atoms with E-state index in [4.69, 9.17) is 10.5 Å². The Kier molecular flexibility index (Phi) is 9.31. The van der Waals surface area contributed by atoms with Crippen LogP contribution in [0.15, 0.2) is 29.3 Å². The lowest BCUT2D eigenvalue weighted by atomic mass is 9.94. The van der Waals surface area contributed by atoms with Crippen LogP contribution in [0.1, 0.15) is 26.2 Å². The predicted octanol–water partition coefficient (Wildman–Crippen LogP) is 3.16. The molecule has 3 N–H and O–H groups in total. The van der Waals surface area contributed by atoms with Crippen molar-refractivity contribution < 1.29 is 4.74 Å². The molecule has 23 heavy (non-hydrogen) atoms. The molecule has 1 aromatic rings. The Balaban J connectivity index is 0.00000264. The first-order valence-corrected chi connectivity index (χ1v) is 8.15. The average Bonchev–Trinajstić information content (AvgIpc) is 2.56. The maximum absolute atomic E-state index is 5.96. The van der Waals surface area contributed by atoms with Crippen LogP contribution in [0.3, 0.4) is 0 Å². The number of nitrogens with two attached hydrogens (primary N) is 1. The summed E-state index contributed by atoms with van der Waals surface area (Å²) in [7, 11) is 1.65. The van der Waals surface area contributed by atoms with E-state index in [1.54, 1.807) is 7.11 Å². The highest BCUT2D eigenvalue weighted by atomic mass is 127. The fourth-order valence-electron chi connectivity index (χ4n) is 2.88. The van der Waals surface area contributed by atoms with Crippen LogP contribution in [0.2, 0.25) is 0 Å². The number of anilines is 1. The summed E-state index contributed by atoms with van der Waals surface area (Å²) in [6, 6.07) is 7.71. The summed E-state index contributed by atoms with van der Waals surface area (Å²) < 4.78 is 5.29. The van der Waals surface area contributed by atoms with Crippen molar-refractivity contribution in [3.63, 3.8) is 0 Å². The smallest absolute Gasteiger partial charge is 0.193 e. The van der Waals surface area contributed by atoms with Crippen LogP contribution in [0.4, 0.5) is 5.69 Å². The number of ether oxygens (including phenoxy) is 1. The van der Waals surface area contributed by atoms with Crippen LogP contribution in [0.25, 0.3) is 0 Å². The van der Waals surface area contributed by atoms with Crippen LogP contribution in [-0.4, -0.2) is 44.1 Å². The largest absolute Gasteiger partial charge is 0.495 e. The van der Waals surface area contributed by atoms with Gasteiger partial charge in [-0.15, -0.1) is 24.0 Å². The number of halogens is 1. The van der Waals surface area contributed by atoms with Crippen molar-refractivity contribution in [3.05, 3.63) is 24.3 Å². The number of nitrogens with zero attached hydrogens (tertiary/aromatic N) is 2. The zero-order chi connectivity index (χ0) is 15.8. The lowest BCUT2D eigenvalue weighted by molar-refractivity contribution is 0.188. The van der Waals surface area contributed by atoms with Gasteiger partial charge in [-0.05, 0) is 56.9 Å². The Labute approximate surface area is 156 Å². The highest BCUT2D eigenvalue weighted by Gasteiger charge is 2.17. The molecule has 2 rings (SSSR count). The standard InChI is InChI=1S/C17H28N4O.HI/c1-3-21-12-9-14(10-13-21)8-11-19-17(18)20-15-6-4-5-7-16(15)22-2;/h4-7,14H,3,8-13H2,1-2H3,(H3,18,19,20);1H. The summed E-state index contributed by atoms with van der Waals surface area (Å²) >= 11 is 0. The zero-order valence-corrected chi connectivity index (χ0v) is 16.5. The molecule has 0 bridgehead atoms. The number of benzene rings is 1. The van der Waals surface area contributed by atoms with E-state index in [0.717, 1.165) is 30.3 Å². The van der Waals surface area contributed by atoms with Gasteiger partial charge in [0.05, 0.1) is 12.8 Å². The number of rotatable bonds is 6. The summed E-state index contributed by atoms with van der Waals surface area (Å²) in [4.78, 5) is 6.95. The number of piperidine rings is 1. The van der Waals surface area contributed by atoms with Crippen molar-refractivity contribution in [2.45, 2.75) is 26.2 Å². The van der Waals surface area contributed by atoms with Gasteiger partial charge in [0.2, 0.25) is 0 Å². The van der Waals surface area contributed by atoms with Gasteiger partial charge in [-0.3, -0.25) is 4.99 Å². The van der Waals surface area contributed by atoms with E-state index in [1.807, 2.05) is 24.3 Å². The van der Waals surface area contributed by atoms with E-state index in [9.17, 15) is 0 Å². The monoisotopic (exact) mass is 432 g/mol. The molecule has 1 aliphatic rings. The third-order valence-electron chi connectivity index (χ3n) is 4.34. The molecule has 0 radical (unpaired) electrons. The molecule has 1 heterocycles. The molecule has 0 saturated carbocycles. The SMILES string of the molecule is CCN1CCC(CCN=C(N)Nc2ccccc2OC)CC1.I. The van der Waals surface area contributed by atoms with Gasteiger partial charge in [0.25, 0.3) is 0 Å². The van der Waals surface area contributed by atoms with Crippen LogP contribution >= 0.6 is 24.0 Å². The zero-order valence-electron chi connectivity index (χ0n) is 14.1.